The molecule has 18 heavy (non-hydrogen) atoms. The van der Waals surface area contributed by atoms with Crippen LogP contribution in [0.5, 0.6) is 0 Å². The molecule has 0 atom stereocenters. The summed E-state index contributed by atoms with van der Waals surface area (Å²) in [6.07, 6.45) is 2.22. The summed E-state index contributed by atoms with van der Waals surface area (Å²) < 4.78 is 18.6. The second-order valence-electron chi connectivity index (χ2n) is 4.43. The quantitative estimate of drug-likeness (QED) is 0.821. The maximum Gasteiger partial charge on any atom is 0.147 e. The van der Waals surface area contributed by atoms with Gasteiger partial charge in [-0.15, -0.1) is 0 Å². The zero-order valence-corrected chi connectivity index (χ0v) is 11.0. The number of ketones is 1. The van der Waals surface area contributed by atoms with Crippen molar-refractivity contribution in [2.75, 3.05) is 19.0 Å². The minimum atomic E-state index is -0.290. The van der Waals surface area contributed by atoms with Crippen LogP contribution in [0.4, 0.5) is 4.39 Å². The first kappa shape index (κ1) is 13.6. The molecular formula is C14H17FO2S. The minimum absolute atomic E-state index is 0.0941. The molecule has 4 heteroatoms. The highest BCUT2D eigenvalue weighted by Crippen LogP contribution is 2.22. The van der Waals surface area contributed by atoms with Crippen LogP contribution in [0.25, 0.3) is 0 Å². The van der Waals surface area contributed by atoms with E-state index < -0.39 is 0 Å². The van der Waals surface area contributed by atoms with E-state index in [1.165, 1.54) is 6.07 Å². The maximum absolute atomic E-state index is 13.4. The minimum Gasteiger partial charge on any atom is -0.381 e. The lowest BCUT2D eigenvalue weighted by Crippen LogP contribution is -2.19. The third-order valence-corrected chi connectivity index (χ3v) is 4.43. The molecule has 2 nitrogen and oxygen atoms in total. The van der Waals surface area contributed by atoms with E-state index >= 15 is 0 Å². The largest absolute Gasteiger partial charge is 0.381 e. The molecule has 1 aliphatic rings. The van der Waals surface area contributed by atoms with Crippen molar-refractivity contribution in [3.8, 4) is 0 Å². The number of thioether (sulfide) groups is 1. The molecule has 0 spiro atoms. The molecule has 0 aliphatic carbocycles. The van der Waals surface area contributed by atoms with E-state index in [2.05, 4.69) is 0 Å². The molecule has 1 heterocycles. The van der Waals surface area contributed by atoms with Crippen molar-refractivity contribution in [1.82, 2.24) is 0 Å². The normalized spacial score (nSPS) is 16.7. The van der Waals surface area contributed by atoms with Gasteiger partial charge >= 0.3 is 0 Å². The van der Waals surface area contributed by atoms with Crippen LogP contribution in [-0.4, -0.2) is 30.0 Å². The molecule has 0 amide bonds. The molecule has 0 bridgehead atoms. The molecule has 0 aromatic heterocycles. The van der Waals surface area contributed by atoms with E-state index in [0.717, 1.165) is 26.1 Å². The van der Waals surface area contributed by atoms with E-state index in [9.17, 15) is 9.18 Å². The Bertz CT molecular complexity index is 403. The van der Waals surface area contributed by atoms with Crippen molar-refractivity contribution in [2.45, 2.75) is 24.5 Å². The lowest BCUT2D eigenvalue weighted by Gasteiger charge is -2.21. The molecule has 1 aromatic rings. The Labute approximate surface area is 111 Å². The molecular weight excluding hydrogens is 251 g/mol. The molecule has 0 unspecified atom stereocenters. The summed E-state index contributed by atoms with van der Waals surface area (Å²) in [5.41, 5.74) is 0.495. The highest BCUT2D eigenvalue weighted by Gasteiger charge is 2.16. The fraction of sp³-hybridized carbons (Fsp3) is 0.500. The van der Waals surface area contributed by atoms with Gasteiger partial charge in [0.1, 0.15) is 11.6 Å². The zero-order chi connectivity index (χ0) is 12.8. The van der Waals surface area contributed by atoms with Crippen molar-refractivity contribution < 1.29 is 13.9 Å². The van der Waals surface area contributed by atoms with Gasteiger partial charge in [0.05, 0.1) is 5.75 Å². The number of benzene rings is 1. The summed E-state index contributed by atoms with van der Waals surface area (Å²) in [6, 6.07) is 6.47. The van der Waals surface area contributed by atoms with Crippen LogP contribution >= 0.6 is 11.8 Å². The lowest BCUT2D eigenvalue weighted by atomic mass is 10.1. The highest BCUT2D eigenvalue weighted by molar-refractivity contribution is 8.00. The van der Waals surface area contributed by atoms with Crippen LogP contribution in [-0.2, 0) is 16.0 Å². The summed E-state index contributed by atoms with van der Waals surface area (Å²) in [4.78, 5) is 11.8. The van der Waals surface area contributed by atoms with Crippen LogP contribution < -0.4 is 0 Å². The topological polar surface area (TPSA) is 26.3 Å². The first-order valence-corrected chi connectivity index (χ1v) is 7.25. The van der Waals surface area contributed by atoms with Crippen LogP contribution in [0.1, 0.15) is 18.4 Å². The number of hydrogen-bond acceptors (Lipinski definition) is 3. The molecule has 1 aliphatic heterocycles. The highest BCUT2D eigenvalue weighted by atomic mass is 32.2. The molecule has 98 valence electrons. The fourth-order valence-corrected chi connectivity index (χ4v) is 3.01. The maximum atomic E-state index is 13.4. The Morgan fingerprint density at radius 3 is 2.78 bits per heavy atom. The summed E-state index contributed by atoms with van der Waals surface area (Å²) in [7, 11) is 0. The molecule has 2 rings (SSSR count). The van der Waals surface area contributed by atoms with Gasteiger partial charge in [-0.3, -0.25) is 4.79 Å². The molecule has 0 N–H and O–H groups in total. The Morgan fingerprint density at radius 2 is 2.06 bits per heavy atom. The smallest absolute Gasteiger partial charge is 0.147 e. The number of hydrogen-bond donors (Lipinski definition) is 0. The standard InChI is InChI=1S/C14H17FO2S/c15-14-4-2-1-3-11(14)9-12(16)10-18-13-5-7-17-8-6-13/h1-4,13H,5-10H2. The predicted molar refractivity (Wildman–Crippen MR) is 71.4 cm³/mol. The van der Waals surface area contributed by atoms with E-state index in [4.69, 9.17) is 4.74 Å². The summed E-state index contributed by atoms with van der Waals surface area (Å²) in [6.45, 7) is 1.58. The van der Waals surface area contributed by atoms with Gasteiger partial charge in [-0.05, 0) is 24.5 Å². The monoisotopic (exact) mass is 268 g/mol. The Kier molecular flexibility index (Phi) is 5.20. The summed E-state index contributed by atoms with van der Waals surface area (Å²) in [5.74, 6) is 0.275. The number of rotatable bonds is 5. The van der Waals surface area contributed by atoms with Crippen LogP contribution in [0.15, 0.2) is 24.3 Å². The number of carbonyl (C=O) groups excluding carboxylic acids is 1. The van der Waals surface area contributed by atoms with Crippen molar-refractivity contribution in [3.63, 3.8) is 0 Å². The molecule has 1 saturated heterocycles. The van der Waals surface area contributed by atoms with Gasteiger partial charge < -0.3 is 4.74 Å². The molecule has 0 saturated carbocycles. The third kappa shape index (κ3) is 4.10. The van der Waals surface area contributed by atoms with Crippen LogP contribution in [0, 0.1) is 5.82 Å². The van der Waals surface area contributed by atoms with Gasteiger partial charge in [-0.1, -0.05) is 18.2 Å². The first-order valence-electron chi connectivity index (χ1n) is 6.20. The van der Waals surface area contributed by atoms with E-state index in [1.54, 1.807) is 30.0 Å². The van der Waals surface area contributed by atoms with Crippen LogP contribution in [0.3, 0.4) is 0 Å². The lowest BCUT2D eigenvalue weighted by molar-refractivity contribution is -0.116. The molecule has 0 radical (unpaired) electrons. The number of ether oxygens (including phenoxy) is 1. The summed E-state index contributed by atoms with van der Waals surface area (Å²) >= 11 is 1.68. The number of halogens is 1. The summed E-state index contributed by atoms with van der Waals surface area (Å²) in [5, 5.41) is 0.517. The second kappa shape index (κ2) is 6.90. The van der Waals surface area contributed by atoms with Crippen molar-refractivity contribution in [2.24, 2.45) is 0 Å². The van der Waals surface area contributed by atoms with Gasteiger partial charge in [0.25, 0.3) is 0 Å². The first-order chi connectivity index (χ1) is 8.75. The zero-order valence-electron chi connectivity index (χ0n) is 10.2. The van der Waals surface area contributed by atoms with E-state index in [0.29, 0.717) is 16.6 Å². The fourth-order valence-electron chi connectivity index (χ4n) is 1.96. The van der Waals surface area contributed by atoms with Gasteiger partial charge in [0.15, 0.2) is 0 Å². The van der Waals surface area contributed by atoms with Gasteiger partial charge in [0.2, 0.25) is 0 Å². The van der Waals surface area contributed by atoms with Crippen LogP contribution in [0.2, 0.25) is 0 Å². The van der Waals surface area contributed by atoms with Crippen molar-refractivity contribution in [1.29, 1.82) is 0 Å². The average molecular weight is 268 g/mol. The Hall–Kier alpha value is -0.870. The third-order valence-electron chi connectivity index (χ3n) is 2.99. The second-order valence-corrected chi connectivity index (χ2v) is 5.72. The van der Waals surface area contributed by atoms with Crippen molar-refractivity contribution >= 4 is 17.5 Å². The van der Waals surface area contributed by atoms with E-state index in [-0.39, 0.29) is 18.0 Å². The number of carbonyl (C=O) groups is 1. The molecule has 1 fully saturated rings. The van der Waals surface area contributed by atoms with Gasteiger partial charge in [0, 0.05) is 24.9 Å². The number of Topliss-reactive ketones (excluding diaryl/α,β-unsaturated/α-hetero) is 1. The SMILES string of the molecule is O=C(CSC1CCOCC1)Cc1ccccc1F. The predicted octanol–water partition coefficient (Wildman–Crippen LogP) is 2.85. The van der Waals surface area contributed by atoms with Gasteiger partial charge in [-0.25, -0.2) is 4.39 Å². The van der Waals surface area contributed by atoms with E-state index in [1.807, 2.05) is 0 Å². The van der Waals surface area contributed by atoms with Gasteiger partial charge in [-0.2, -0.15) is 11.8 Å². The van der Waals surface area contributed by atoms with Crippen molar-refractivity contribution in [3.05, 3.63) is 35.6 Å². The Balaban J connectivity index is 1.76. The average Bonchev–Trinajstić information content (AvgIpc) is 2.40. The molecule has 1 aromatic carbocycles. The Morgan fingerprint density at radius 1 is 1.33 bits per heavy atom.